The lowest BCUT2D eigenvalue weighted by molar-refractivity contribution is 0.313. The van der Waals surface area contributed by atoms with Gasteiger partial charge in [-0.1, -0.05) is 11.6 Å². The second kappa shape index (κ2) is 8.25. The molecule has 0 aliphatic rings. The van der Waals surface area contributed by atoms with E-state index in [2.05, 4.69) is 20.3 Å². The second-order valence-corrected chi connectivity index (χ2v) is 5.85. The number of aromatic nitrogens is 3. The van der Waals surface area contributed by atoms with Gasteiger partial charge in [-0.3, -0.25) is 0 Å². The number of ether oxygens (including phenoxy) is 3. The molecule has 0 aliphatic carbocycles. The molecular weight excluding hydrogens is 379 g/mol. The van der Waals surface area contributed by atoms with Crippen molar-refractivity contribution in [1.82, 2.24) is 15.0 Å². The van der Waals surface area contributed by atoms with Gasteiger partial charge in [0.1, 0.15) is 24.5 Å². The Morgan fingerprint density at radius 1 is 1.04 bits per heavy atom. The first-order valence-corrected chi connectivity index (χ1v) is 8.55. The highest BCUT2D eigenvalue weighted by molar-refractivity contribution is 6.32. The predicted octanol–water partition coefficient (Wildman–Crippen LogP) is 4.06. The highest BCUT2D eigenvalue weighted by Gasteiger charge is 2.13. The smallest absolute Gasteiger partial charge is 0.163 e. The Morgan fingerprint density at radius 3 is 2.62 bits per heavy atom. The molecule has 136 valence electrons. The van der Waals surface area contributed by atoms with Crippen LogP contribution >= 0.6 is 23.2 Å². The third kappa shape index (κ3) is 3.84. The van der Waals surface area contributed by atoms with Crippen molar-refractivity contribution in [2.75, 3.05) is 32.0 Å². The lowest BCUT2D eigenvalue weighted by atomic mass is 10.2. The van der Waals surface area contributed by atoms with Crippen molar-refractivity contribution in [2.24, 2.45) is 0 Å². The van der Waals surface area contributed by atoms with Crippen molar-refractivity contribution in [3.8, 4) is 17.2 Å². The van der Waals surface area contributed by atoms with Crippen LogP contribution in [-0.2, 0) is 0 Å². The minimum Gasteiger partial charge on any atom is -0.495 e. The van der Waals surface area contributed by atoms with Crippen LogP contribution < -0.4 is 19.5 Å². The van der Waals surface area contributed by atoms with Gasteiger partial charge in [-0.2, -0.15) is 0 Å². The summed E-state index contributed by atoms with van der Waals surface area (Å²) in [5, 5.41) is 4.20. The van der Waals surface area contributed by atoms with Gasteiger partial charge in [-0.25, -0.2) is 15.0 Å². The predicted molar refractivity (Wildman–Crippen MR) is 101 cm³/mol. The zero-order valence-electron chi connectivity index (χ0n) is 14.1. The normalized spacial score (nSPS) is 10.6. The summed E-state index contributed by atoms with van der Waals surface area (Å²) < 4.78 is 16.2. The molecule has 0 aliphatic heterocycles. The molecule has 0 fully saturated rings. The molecule has 0 unspecified atom stereocenters. The zero-order chi connectivity index (χ0) is 18.5. The Bertz CT molecular complexity index is 924. The van der Waals surface area contributed by atoms with E-state index in [1.54, 1.807) is 32.4 Å². The van der Waals surface area contributed by atoms with E-state index in [4.69, 9.17) is 37.4 Å². The number of fused-ring (bicyclic) bond motifs is 1. The molecule has 0 saturated carbocycles. The van der Waals surface area contributed by atoms with Crippen LogP contribution in [-0.4, -0.2) is 41.7 Å². The topological polar surface area (TPSA) is 78.4 Å². The van der Waals surface area contributed by atoms with E-state index in [1.165, 1.54) is 12.5 Å². The number of halogens is 2. The highest BCUT2D eigenvalue weighted by Crippen LogP contribution is 2.35. The maximum atomic E-state index is 6.17. The first kappa shape index (κ1) is 18.3. The van der Waals surface area contributed by atoms with Crippen molar-refractivity contribution in [3.05, 3.63) is 35.9 Å². The molecular formula is C17H16Cl2N4O3. The third-order valence-electron chi connectivity index (χ3n) is 3.56. The molecule has 2 aromatic heterocycles. The average Bonchev–Trinajstić information content (AvgIpc) is 2.67. The van der Waals surface area contributed by atoms with E-state index < -0.39 is 0 Å². The molecule has 26 heavy (non-hydrogen) atoms. The number of alkyl halides is 1. The molecule has 2 heterocycles. The number of nitrogens with one attached hydrogen (secondary N) is 1. The Morgan fingerprint density at radius 2 is 1.88 bits per heavy atom. The maximum Gasteiger partial charge on any atom is 0.163 e. The maximum absolute atomic E-state index is 6.17. The van der Waals surface area contributed by atoms with Crippen LogP contribution in [0.3, 0.4) is 0 Å². The largest absolute Gasteiger partial charge is 0.495 e. The fraction of sp³-hybridized carbons (Fsp3) is 0.235. The first-order chi connectivity index (χ1) is 12.7. The summed E-state index contributed by atoms with van der Waals surface area (Å²) in [6.07, 6.45) is 2.99. The van der Waals surface area contributed by atoms with Gasteiger partial charge in [0.2, 0.25) is 0 Å². The summed E-state index contributed by atoms with van der Waals surface area (Å²) in [7, 11) is 3.12. The molecule has 0 spiro atoms. The van der Waals surface area contributed by atoms with Crippen molar-refractivity contribution >= 4 is 45.6 Å². The SMILES string of the molecule is COc1cnc(Cl)c(Nc2ncnc3cc(OCCCl)c(OC)cc23)c1. The van der Waals surface area contributed by atoms with Crippen molar-refractivity contribution in [1.29, 1.82) is 0 Å². The Hall–Kier alpha value is -2.51. The van der Waals surface area contributed by atoms with Crippen LogP contribution in [0.5, 0.6) is 17.2 Å². The van der Waals surface area contributed by atoms with Crippen molar-refractivity contribution < 1.29 is 14.2 Å². The molecule has 3 aromatic rings. The molecule has 9 heteroatoms. The molecule has 3 rings (SSSR count). The minimum atomic E-state index is 0.298. The van der Waals surface area contributed by atoms with Crippen LogP contribution in [0.15, 0.2) is 30.7 Å². The van der Waals surface area contributed by atoms with Gasteiger partial charge in [0, 0.05) is 17.5 Å². The number of anilines is 2. The number of hydrogen-bond acceptors (Lipinski definition) is 7. The first-order valence-electron chi connectivity index (χ1n) is 7.64. The van der Waals surface area contributed by atoms with Crippen LogP contribution in [0.2, 0.25) is 5.15 Å². The Kier molecular flexibility index (Phi) is 5.80. The minimum absolute atomic E-state index is 0.298. The quantitative estimate of drug-likeness (QED) is 0.478. The summed E-state index contributed by atoms with van der Waals surface area (Å²) in [5.74, 6) is 2.61. The number of hydrogen-bond donors (Lipinski definition) is 1. The van der Waals surface area contributed by atoms with Gasteiger partial charge in [-0.05, 0) is 6.07 Å². The molecule has 0 bridgehead atoms. The monoisotopic (exact) mass is 394 g/mol. The van der Waals surface area contributed by atoms with E-state index in [0.717, 1.165) is 5.39 Å². The van der Waals surface area contributed by atoms with Gasteiger partial charge >= 0.3 is 0 Å². The second-order valence-electron chi connectivity index (χ2n) is 5.12. The number of pyridine rings is 1. The van der Waals surface area contributed by atoms with E-state index in [1.807, 2.05) is 0 Å². The van der Waals surface area contributed by atoms with Gasteiger partial charge in [0.25, 0.3) is 0 Å². The van der Waals surface area contributed by atoms with Crippen LogP contribution in [0.4, 0.5) is 11.5 Å². The van der Waals surface area contributed by atoms with Crippen LogP contribution in [0.25, 0.3) is 10.9 Å². The fourth-order valence-corrected chi connectivity index (χ4v) is 2.57. The zero-order valence-corrected chi connectivity index (χ0v) is 15.6. The van der Waals surface area contributed by atoms with Gasteiger partial charge in [0.05, 0.1) is 37.5 Å². The van der Waals surface area contributed by atoms with Gasteiger partial charge in [0.15, 0.2) is 16.7 Å². The third-order valence-corrected chi connectivity index (χ3v) is 4.01. The van der Waals surface area contributed by atoms with E-state index in [9.17, 15) is 0 Å². The van der Waals surface area contributed by atoms with Crippen LogP contribution in [0.1, 0.15) is 0 Å². The lowest BCUT2D eigenvalue weighted by Gasteiger charge is -2.14. The van der Waals surface area contributed by atoms with E-state index in [-0.39, 0.29) is 0 Å². The fourth-order valence-electron chi connectivity index (χ4n) is 2.34. The summed E-state index contributed by atoms with van der Waals surface area (Å²) in [5.41, 5.74) is 1.24. The molecule has 1 N–H and O–H groups in total. The number of methoxy groups -OCH3 is 2. The molecule has 0 amide bonds. The van der Waals surface area contributed by atoms with E-state index >= 15 is 0 Å². The van der Waals surface area contributed by atoms with Crippen LogP contribution in [0, 0.1) is 0 Å². The average molecular weight is 395 g/mol. The summed E-state index contributed by atoms with van der Waals surface area (Å²) in [6, 6.07) is 5.31. The van der Waals surface area contributed by atoms with Crippen molar-refractivity contribution in [2.45, 2.75) is 0 Å². The molecule has 1 aromatic carbocycles. The number of benzene rings is 1. The Balaban J connectivity index is 2.04. The lowest BCUT2D eigenvalue weighted by Crippen LogP contribution is -2.02. The van der Waals surface area contributed by atoms with Gasteiger partial charge < -0.3 is 19.5 Å². The standard InChI is InChI=1S/C17H16Cl2N4O3/c1-24-10-5-13(16(19)20-8-10)23-17-11-6-14(25-2)15(26-4-3-18)7-12(11)21-9-22-17/h5-9H,3-4H2,1-2H3,(H,21,22,23). The number of rotatable bonds is 7. The summed E-state index contributed by atoms with van der Waals surface area (Å²) in [4.78, 5) is 12.7. The van der Waals surface area contributed by atoms with Gasteiger partial charge in [-0.15, -0.1) is 11.6 Å². The molecule has 7 nitrogen and oxygen atoms in total. The Labute approximate surface area is 160 Å². The molecule has 0 saturated heterocycles. The van der Waals surface area contributed by atoms with E-state index in [0.29, 0.717) is 51.9 Å². The highest BCUT2D eigenvalue weighted by atomic mass is 35.5. The molecule has 0 atom stereocenters. The summed E-state index contributed by atoms with van der Waals surface area (Å²) >= 11 is 11.9. The van der Waals surface area contributed by atoms with Crippen molar-refractivity contribution in [3.63, 3.8) is 0 Å². The number of nitrogens with zero attached hydrogens (tertiary/aromatic N) is 3. The summed E-state index contributed by atoms with van der Waals surface area (Å²) in [6.45, 7) is 0.366. The molecule has 0 radical (unpaired) electrons.